The number of piperidine rings is 2. The van der Waals surface area contributed by atoms with E-state index in [1.54, 1.807) is 11.0 Å². The summed E-state index contributed by atoms with van der Waals surface area (Å²) in [5, 5.41) is 12.5. The molecule has 4 rings (SSSR count). The van der Waals surface area contributed by atoms with Gasteiger partial charge in [-0.3, -0.25) is 9.59 Å². The standard InChI is InChI=1S/C18H24N8O2/c19-17(27)13-3-9-25(10-4-13)18(28)14-5-7-24(8-6-14)15-1-2-16(23-22-15)26-12-20-11-21-26/h1-2,11-14H,3-10H2,(H2,19,27). The Hall–Kier alpha value is -3.04. The lowest BCUT2D eigenvalue weighted by molar-refractivity contribution is -0.139. The van der Waals surface area contributed by atoms with Crippen molar-refractivity contribution in [3.05, 3.63) is 24.8 Å². The Balaban J connectivity index is 1.30. The number of nitrogens with two attached hydrogens (primary N) is 1. The van der Waals surface area contributed by atoms with Gasteiger partial charge in [-0.1, -0.05) is 0 Å². The topological polar surface area (TPSA) is 123 Å². The number of likely N-dealkylation sites (tertiary alicyclic amines) is 1. The van der Waals surface area contributed by atoms with Crippen LogP contribution in [0.15, 0.2) is 24.8 Å². The minimum atomic E-state index is -0.253. The first-order valence-corrected chi connectivity index (χ1v) is 9.63. The summed E-state index contributed by atoms with van der Waals surface area (Å²) in [5.41, 5.74) is 5.37. The van der Waals surface area contributed by atoms with Gasteiger partial charge in [-0.2, -0.15) is 5.10 Å². The minimum absolute atomic E-state index is 0.0313. The van der Waals surface area contributed by atoms with E-state index in [0.29, 0.717) is 31.7 Å². The first-order chi connectivity index (χ1) is 13.6. The van der Waals surface area contributed by atoms with Gasteiger partial charge in [0.15, 0.2) is 11.6 Å². The van der Waals surface area contributed by atoms with Crippen molar-refractivity contribution in [1.29, 1.82) is 0 Å². The van der Waals surface area contributed by atoms with Crippen LogP contribution < -0.4 is 10.6 Å². The zero-order valence-electron chi connectivity index (χ0n) is 15.6. The Bertz CT molecular complexity index is 807. The van der Waals surface area contributed by atoms with Gasteiger partial charge in [0, 0.05) is 38.0 Å². The summed E-state index contributed by atoms with van der Waals surface area (Å²) in [6.07, 6.45) is 5.96. The smallest absolute Gasteiger partial charge is 0.225 e. The van der Waals surface area contributed by atoms with Gasteiger partial charge in [-0.05, 0) is 37.8 Å². The quantitative estimate of drug-likeness (QED) is 0.787. The number of anilines is 1. The normalized spacial score (nSPS) is 19.0. The molecule has 2 fully saturated rings. The van der Waals surface area contributed by atoms with E-state index in [1.165, 1.54) is 6.33 Å². The third-order valence-electron chi connectivity index (χ3n) is 5.67. The number of rotatable bonds is 4. The predicted octanol–water partition coefficient (Wildman–Crippen LogP) is -0.00240. The van der Waals surface area contributed by atoms with E-state index in [1.807, 2.05) is 17.0 Å². The molecule has 0 bridgehead atoms. The molecule has 2 aromatic rings. The highest BCUT2D eigenvalue weighted by molar-refractivity contribution is 5.80. The summed E-state index contributed by atoms with van der Waals surface area (Å²) in [5.74, 6) is 1.31. The monoisotopic (exact) mass is 384 g/mol. The van der Waals surface area contributed by atoms with Crippen molar-refractivity contribution in [2.45, 2.75) is 25.7 Å². The highest BCUT2D eigenvalue weighted by atomic mass is 16.2. The van der Waals surface area contributed by atoms with Crippen LogP contribution in [-0.4, -0.2) is 67.9 Å². The largest absolute Gasteiger partial charge is 0.369 e. The second-order valence-corrected chi connectivity index (χ2v) is 7.35. The molecule has 28 heavy (non-hydrogen) atoms. The van der Waals surface area contributed by atoms with Gasteiger partial charge in [-0.25, -0.2) is 9.67 Å². The molecule has 2 N–H and O–H groups in total. The first kappa shape index (κ1) is 18.3. The van der Waals surface area contributed by atoms with Crippen LogP contribution >= 0.6 is 0 Å². The van der Waals surface area contributed by atoms with Crippen LogP contribution in [0.25, 0.3) is 5.82 Å². The molecule has 0 spiro atoms. The Morgan fingerprint density at radius 3 is 2.14 bits per heavy atom. The van der Waals surface area contributed by atoms with Gasteiger partial charge < -0.3 is 15.5 Å². The molecule has 2 aliphatic rings. The number of nitrogens with zero attached hydrogens (tertiary/aromatic N) is 7. The van der Waals surface area contributed by atoms with E-state index >= 15 is 0 Å². The Morgan fingerprint density at radius 2 is 1.57 bits per heavy atom. The van der Waals surface area contributed by atoms with Gasteiger partial charge in [0.1, 0.15) is 12.7 Å². The maximum absolute atomic E-state index is 12.8. The Morgan fingerprint density at radius 1 is 0.929 bits per heavy atom. The van der Waals surface area contributed by atoms with Crippen LogP contribution in [0.3, 0.4) is 0 Å². The predicted molar refractivity (Wildman–Crippen MR) is 100 cm³/mol. The molecule has 2 aliphatic heterocycles. The molecule has 4 heterocycles. The summed E-state index contributed by atoms with van der Waals surface area (Å²) >= 11 is 0. The zero-order valence-corrected chi connectivity index (χ0v) is 15.6. The van der Waals surface area contributed by atoms with Crippen molar-refractivity contribution >= 4 is 17.6 Å². The second kappa shape index (κ2) is 7.91. The van der Waals surface area contributed by atoms with Crippen LogP contribution in [0.4, 0.5) is 5.82 Å². The molecule has 2 aromatic heterocycles. The summed E-state index contributed by atoms with van der Waals surface area (Å²) in [7, 11) is 0. The minimum Gasteiger partial charge on any atom is -0.369 e. The van der Waals surface area contributed by atoms with Crippen LogP contribution in [0.1, 0.15) is 25.7 Å². The van der Waals surface area contributed by atoms with Gasteiger partial charge in [0.05, 0.1) is 0 Å². The highest BCUT2D eigenvalue weighted by Gasteiger charge is 2.32. The summed E-state index contributed by atoms with van der Waals surface area (Å²) < 4.78 is 1.56. The number of carbonyl (C=O) groups excluding carboxylic acids is 2. The van der Waals surface area contributed by atoms with E-state index in [-0.39, 0.29) is 23.7 Å². The molecule has 0 saturated carbocycles. The average Bonchev–Trinajstić information content (AvgIpc) is 3.28. The fraction of sp³-hybridized carbons (Fsp3) is 0.556. The van der Waals surface area contributed by atoms with Crippen molar-refractivity contribution in [2.75, 3.05) is 31.1 Å². The lowest BCUT2D eigenvalue weighted by atomic mass is 9.92. The maximum Gasteiger partial charge on any atom is 0.225 e. The molecule has 10 nitrogen and oxygen atoms in total. The maximum atomic E-state index is 12.8. The third-order valence-corrected chi connectivity index (χ3v) is 5.67. The van der Waals surface area contributed by atoms with E-state index in [0.717, 1.165) is 31.7 Å². The molecule has 0 atom stereocenters. The average molecular weight is 384 g/mol. The summed E-state index contributed by atoms with van der Waals surface area (Å²) in [4.78, 5) is 32.0. The Kier molecular flexibility index (Phi) is 5.18. The molecule has 10 heteroatoms. The summed E-state index contributed by atoms with van der Waals surface area (Å²) in [6.45, 7) is 2.79. The van der Waals surface area contributed by atoms with Gasteiger partial charge >= 0.3 is 0 Å². The van der Waals surface area contributed by atoms with Gasteiger partial charge in [0.25, 0.3) is 0 Å². The van der Waals surface area contributed by atoms with E-state index < -0.39 is 0 Å². The number of primary amides is 1. The first-order valence-electron chi connectivity index (χ1n) is 9.63. The fourth-order valence-electron chi connectivity index (χ4n) is 3.93. The van der Waals surface area contributed by atoms with Crippen LogP contribution in [0.5, 0.6) is 0 Å². The molecule has 0 aliphatic carbocycles. The lowest BCUT2D eigenvalue weighted by Crippen LogP contribution is -2.47. The molecular formula is C18H24N8O2. The number of carbonyl (C=O) groups is 2. The zero-order chi connectivity index (χ0) is 19.5. The number of amides is 2. The molecular weight excluding hydrogens is 360 g/mol. The van der Waals surface area contributed by atoms with Gasteiger partial charge in [0.2, 0.25) is 11.8 Å². The van der Waals surface area contributed by atoms with Gasteiger partial charge in [-0.15, -0.1) is 10.2 Å². The molecule has 148 valence electrons. The number of aromatic nitrogens is 5. The molecule has 0 radical (unpaired) electrons. The van der Waals surface area contributed by atoms with Crippen molar-refractivity contribution in [2.24, 2.45) is 17.6 Å². The van der Waals surface area contributed by atoms with Crippen molar-refractivity contribution in [1.82, 2.24) is 29.9 Å². The number of hydrogen-bond acceptors (Lipinski definition) is 7. The molecule has 2 saturated heterocycles. The van der Waals surface area contributed by atoms with E-state index in [4.69, 9.17) is 5.73 Å². The van der Waals surface area contributed by atoms with E-state index in [2.05, 4.69) is 25.2 Å². The lowest BCUT2D eigenvalue weighted by Gasteiger charge is -2.37. The summed E-state index contributed by atoms with van der Waals surface area (Å²) in [6, 6.07) is 3.78. The highest BCUT2D eigenvalue weighted by Crippen LogP contribution is 2.25. The van der Waals surface area contributed by atoms with Crippen molar-refractivity contribution in [3.8, 4) is 5.82 Å². The molecule has 0 aromatic carbocycles. The van der Waals surface area contributed by atoms with Crippen LogP contribution in [-0.2, 0) is 9.59 Å². The third kappa shape index (κ3) is 3.80. The molecule has 2 amide bonds. The fourth-order valence-corrected chi connectivity index (χ4v) is 3.93. The van der Waals surface area contributed by atoms with Crippen LogP contribution in [0.2, 0.25) is 0 Å². The second-order valence-electron chi connectivity index (χ2n) is 7.35. The van der Waals surface area contributed by atoms with E-state index in [9.17, 15) is 9.59 Å². The van der Waals surface area contributed by atoms with Crippen molar-refractivity contribution < 1.29 is 9.59 Å². The SMILES string of the molecule is NC(=O)C1CCN(C(=O)C2CCN(c3ccc(-n4cncn4)nn3)CC2)CC1. The van der Waals surface area contributed by atoms with Crippen molar-refractivity contribution in [3.63, 3.8) is 0 Å². The van der Waals surface area contributed by atoms with Crippen LogP contribution in [0, 0.1) is 11.8 Å². The Labute approximate surface area is 162 Å². The number of hydrogen-bond donors (Lipinski definition) is 1. The molecule has 0 unspecified atom stereocenters.